The van der Waals surface area contributed by atoms with Gasteiger partial charge in [0.2, 0.25) is 16.0 Å². The van der Waals surface area contributed by atoms with Crippen molar-refractivity contribution in [2.45, 2.75) is 13.0 Å². The van der Waals surface area contributed by atoms with E-state index in [1.807, 2.05) is 0 Å². The molecule has 4 N–H and O–H groups in total. The van der Waals surface area contributed by atoms with Crippen LogP contribution in [0.4, 0.5) is 10.9 Å². The number of methoxy groups -OCH3 is 2. The SMILES string of the molecule is COc1cccc(OC)c1-c1cc(C(=O)Nc2nnc(-n3nccc3N)s2)oc(=O)c1OC[C@@H](C)O. The highest BCUT2D eigenvalue weighted by atomic mass is 32.1. The Morgan fingerprint density at radius 2 is 1.97 bits per heavy atom. The standard InChI is InChI=1S/C22H22N6O7S/c1-11(29)10-34-18-12(17-13(32-2)5-4-6-14(17)33-3)9-15(35-20(18)31)19(30)25-21-26-27-22(36-21)28-16(23)7-8-24-28/h4-9,11,29H,10,23H2,1-3H3,(H,25,26,30)/t11-/m1/s1. The van der Waals surface area contributed by atoms with Gasteiger partial charge in [0.05, 0.1) is 32.1 Å². The van der Waals surface area contributed by atoms with Gasteiger partial charge in [0.1, 0.15) is 23.9 Å². The predicted molar refractivity (Wildman–Crippen MR) is 130 cm³/mol. The van der Waals surface area contributed by atoms with Gasteiger partial charge in [-0.2, -0.15) is 9.78 Å². The van der Waals surface area contributed by atoms with E-state index in [-0.39, 0.29) is 28.8 Å². The van der Waals surface area contributed by atoms with Gasteiger partial charge in [0.15, 0.2) is 5.76 Å². The molecule has 0 fully saturated rings. The monoisotopic (exact) mass is 514 g/mol. The van der Waals surface area contributed by atoms with Gasteiger partial charge >= 0.3 is 5.63 Å². The molecule has 0 aliphatic heterocycles. The van der Waals surface area contributed by atoms with Crippen LogP contribution in [0.5, 0.6) is 17.2 Å². The molecule has 4 aromatic rings. The van der Waals surface area contributed by atoms with Crippen LogP contribution in [-0.2, 0) is 0 Å². The first-order valence-electron chi connectivity index (χ1n) is 10.5. The van der Waals surface area contributed by atoms with Crippen LogP contribution in [0.1, 0.15) is 17.5 Å². The summed E-state index contributed by atoms with van der Waals surface area (Å²) in [5, 5.41) is 24.6. The molecule has 0 radical (unpaired) electrons. The van der Waals surface area contributed by atoms with Gasteiger partial charge in [-0.3, -0.25) is 10.1 Å². The van der Waals surface area contributed by atoms with Gasteiger partial charge in [-0.15, -0.1) is 10.2 Å². The van der Waals surface area contributed by atoms with Crippen molar-refractivity contribution in [3.63, 3.8) is 0 Å². The van der Waals surface area contributed by atoms with E-state index in [0.717, 1.165) is 11.3 Å². The van der Waals surface area contributed by atoms with Crippen molar-refractivity contribution in [2.75, 3.05) is 31.9 Å². The highest BCUT2D eigenvalue weighted by molar-refractivity contribution is 7.17. The van der Waals surface area contributed by atoms with Crippen LogP contribution in [0, 0.1) is 0 Å². The number of amides is 1. The molecule has 0 saturated carbocycles. The normalized spacial score (nSPS) is 11.7. The molecular weight excluding hydrogens is 492 g/mol. The number of hydrogen-bond donors (Lipinski definition) is 3. The Kier molecular flexibility index (Phi) is 7.17. The van der Waals surface area contributed by atoms with E-state index in [1.165, 1.54) is 38.1 Å². The maximum Gasteiger partial charge on any atom is 0.379 e. The molecule has 0 unspecified atom stereocenters. The number of anilines is 2. The Hall–Kier alpha value is -4.43. The molecule has 1 amide bonds. The number of aliphatic hydroxyl groups excluding tert-OH is 1. The third-order valence-corrected chi connectivity index (χ3v) is 5.60. The first kappa shape index (κ1) is 24.7. The first-order valence-corrected chi connectivity index (χ1v) is 11.3. The molecule has 36 heavy (non-hydrogen) atoms. The summed E-state index contributed by atoms with van der Waals surface area (Å²) in [5.41, 5.74) is 5.42. The molecule has 188 valence electrons. The Morgan fingerprint density at radius 1 is 1.25 bits per heavy atom. The zero-order valence-corrected chi connectivity index (χ0v) is 20.2. The van der Waals surface area contributed by atoms with Gasteiger partial charge in [-0.1, -0.05) is 17.4 Å². The Morgan fingerprint density at radius 3 is 2.58 bits per heavy atom. The van der Waals surface area contributed by atoms with E-state index in [0.29, 0.717) is 28.0 Å². The quantitative estimate of drug-likeness (QED) is 0.297. The number of nitrogens with two attached hydrogens (primary N) is 1. The summed E-state index contributed by atoms with van der Waals surface area (Å²) in [6, 6.07) is 7.93. The molecule has 0 saturated heterocycles. The minimum atomic E-state index is -0.937. The molecule has 14 heteroatoms. The molecule has 4 rings (SSSR count). The van der Waals surface area contributed by atoms with Gasteiger partial charge in [-0.05, 0) is 25.1 Å². The van der Waals surface area contributed by atoms with E-state index in [4.69, 9.17) is 24.4 Å². The lowest BCUT2D eigenvalue weighted by Gasteiger charge is -2.17. The van der Waals surface area contributed by atoms with Crippen LogP contribution in [0.25, 0.3) is 16.3 Å². The topological polar surface area (TPSA) is 177 Å². The summed E-state index contributed by atoms with van der Waals surface area (Å²) >= 11 is 1.01. The zero-order chi connectivity index (χ0) is 25.8. The fourth-order valence-electron chi connectivity index (χ4n) is 3.22. The average Bonchev–Trinajstić information content (AvgIpc) is 3.50. The fourth-order valence-corrected chi connectivity index (χ4v) is 3.94. The van der Waals surface area contributed by atoms with Crippen LogP contribution in [0.15, 0.2) is 45.7 Å². The summed E-state index contributed by atoms with van der Waals surface area (Å²) in [4.78, 5) is 25.9. The molecular formula is C22H22N6O7S. The number of nitrogen functional groups attached to an aromatic ring is 1. The number of carbonyl (C=O) groups is 1. The minimum Gasteiger partial charge on any atom is -0.496 e. The van der Waals surface area contributed by atoms with Gasteiger partial charge in [-0.25, -0.2) is 4.79 Å². The van der Waals surface area contributed by atoms with Crippen LogP contribution < -0.4 is 30.9 Å². The lowest BCUT2D eigenvalue weighted by Crippen LogP contribution is -2.20. The number of nitrogens with one attached hydrogen (secondary N) is 1. The van der Waals surface area contributed by atoms with Crippen LogP contribution in [0.2, 0.25) is 0 Å². The molecule has 1 atom stereocenters. The number of benzene rings is 1. The first-order chi connectivity index (χ1) is 17.3. The number of aliphatic hydroxyl groups is 1. The molecule has 0 aliphatic rings. The van der Waals surface area contributed by atoms with Crippen LogP contribution >= 0.6 is 11.3 Å². The molecule has 0 bridgehead atoms. The Bertz CT molecular complexity index is 1420. The number of nitrogens with zero attached hydrogens (tertiary/aromatic N) is 4. The summed E-state index contributed by atoms with van der Waals surface area (Å²) in [5.74, 6) is -0.249. The van der Waals surface area contributed by atoms with E-state index in [2.05, 4.69) is 20.6 Å². The maximum absolute atomic E-state index is 13.0. The van der Waals surface area contributed by atoms with Gasteiger partial charge < -0.3 is 29.5 Å². The molecule has 1 aromatic carbocycles. The second kappa shape index (κ2) is 10.5. The van der Waals surface area contributed by atoms with E-state index in [9.17, 15) is 14.7 Å². The number of hydrogen-bond acceptors (Lipinski definition) is 12. The van der Waals surface area contributed by atoms with Crippen molar-refractivity contribution < 1.29 is 28.5 Å². The van der Waals surface area contributed by atoms with Crippen LogP contribution in [-0.4, -0.2) is 57.9 Å². The lowest BCUT2D eigenvalue weighted by molar-refractivity contribution is 0.0986. The van der Waals surface area contributed by atoms with Crippen molar-refractivity contribution >= 4 is 28.2 Å². The smallest absolute Gasteiger partial charge is 0.379 e. The minimum absolute atomic E-state index is 0.124. The number of carbonyl (C=O) groups excluding carboxylic acids is 1. The number of aromatic nitrogens is 4. The predicted octanol–water partition coefficient (Wildman–Crippen LogP) is 1.96. The van der Waals surface area contributed by atoms with Gasteiger partial charge in [0, 0.05) is 11.6 Å². The lowest BCUT2D eigenvalue weighted by atomic mass is 10.0. The molecule has 0 spiro atoms. The fraction of sp³-hybridized carbons (Fsp3) is 0.227. The highest BCUT2D eigenvalue weighted by Crippen LogP contribution is 2.42. The summed E-state index contributed by atoms with van der Waals surface area (Å²) in [6.07, 6.45) is 0.633. The van der Waals surface area contributed by atoms with E-state index in [1.54, 1.807) is 24.3 Å². The Labute approximate surface area is 208 Å². The van der Waals surface area contributed by atoms with Crippen molar-refractivity contribution in [3.05, 3.63) is 52.7 Å². The third kappa shape index (κ3) is 4.99. The maximum atomic E-state index is 13.0. The van der Waals surface area contributed by atoms with Crippen molar-refractivity contribution in [1.82, 2.24) is 20.0 Å². The van der Waals surface area contributed by atoms with E-state index < -0.39 is 17.6 Å². The van der Waals surface area contributed by atoms with E-state index >= 15 is 0 Å². The van der Waals surface area contributed by atoms with Crippen molar-refractivity contribution in [1.29, 1.82) is 0 Å². The Balaban J connectivity index is 1.75. The third-order valence-electron chi connectivity index (χ3n) is 4.79. The average molecular weight is 515 g/mol. The second-order valence-corrected chi connectivity index (χ2v) is 8.31. The molecule has 13 nitrogen and oxygen atoms in total. The summed E-state index contributed by atoms with van der Waals surface area (Å²) < 4.78 is 23.1. The number of ether oxygens (including phenoxy) is 3. The summed E-state index contributed by atoms with van der Waals surface area (Å²) in [7, 11) is 2.90. The zero-order valence-electron chi connectivity index (χ0n) is 19.4. The van der Waals surface area contributed by atoms with Crippen LogP contribution in [0.3, 0.4) is 0 Å². The molecule has 0 aliphatic carbocycles. The number of rotatable bonds is 9. The van der Waals surface area contributed by atoms with Crippen molar-refractivity contribution in [2.24, 2.45) is 0 Å². The molecule has 3 aromatic heterocycles. The summed E-state index contributed by atoms with van der Waals surface area (Å²) in [6.45, 7) is 1.31. The highest BCUT2D eigenvalue weighted by Gasteiger charge is 2.25. The largest absolute Gasteiger partial charge is 0.496 e. The van der Waals surface area contributed by atoms with Crippen molar-refractivity contribution in [3.8, 4) is 33.5 Å². The second-order valence-electron chi connectivity index (χ2n) is 7.35. The molecule has 3 heterocycles. The van der Waals surface area contributed by atoms with Gasteiger partial charge in [0.25, 0.3) is 5.91 Å².